The first-order valence-corrected chi connectivity index (χ1v) is 12.6. The number of hydrogen-bond donors (Lipinski definition) is 1. The third-order valence-corrected chi connectivity index (χ3v) is 7.86. The molecule has 176 valence electrons. The van der Waals surface area contributed by atoms with Crippen molar-refractivity contribution in [3.63, 3.8) is 0 Å². The molecule has 2 aromatic rings. The van der Waals surface area contributed by atoms with Crippen molar-refractivity contribution in [3.8, 4) is 0 Å². The molecule has 4 rings (SSSR count). The molecular weight excluding hydrogens is 489 g/mol. The van der Waals surface area contributed by atoms with Gasteiger partial charge in [-0.05, 0) is 55.1 Å². The molecule has 2 amide bonds. The number of likely N-dealkylation sites (tertiary alicyclic amines) is 2. The number of nitrogens with zero attached hydrogens (tertiary/aromatic N) is 2. The van der Waals surface area contributed by atoms with E-state index < -0.39 is 16.1 Å². The second kappa shape index (κ2) is 9.50. The maximum atomic E-state index is 12.9. The zero-order valence-corrected chi connectivity index (χ0v) is 20.2. The summed E-state index contributed by atoms with van der Waals surface area (Å²) in [5.74, 6) is 0.196. The Morgan fingerprint density at radius 2 is 1.52 bits per heavy atom. The number of nitrogens with one attached hydrogen (secondary N) is 1. The van der Waals surface area contributed by atoms with Crippen LogP contribution in [0, 0.1) is 11.8 Å². The summed E-state index contributed by atoms with van der Waals surface area (Å²) < 4.78 is 31.4. The smallest absolute Gasteiger partial charge is 0.410 e. The predicted octanol–water partition coefficient (Wildman–Crippen LogP) is 3.24. The lowest BCUT2D eigenvalue weighted by Gasteiger charge is -2.22. The molecule has 11 heteroatoms. The Morgan fingerprint density at radius 3 is 2.06 bits per heavy atom. The van der Waals surface area contributed by atoms with Crippen LogP contribution in [0.4, 0.5) is 4.79 Å². The number of carbonyl (C=O) groups is 2. The molecule has 0 aromatic heterocycles. The summed E-state index contributed by atoms with van der Waals surface area (Å²) in [6, 6.07) is 10.9. The van der Waals surface area contributed by atoms with Crippen LogP contribution in [0.3, 0.4) is 0 Å². The quantitative estimate of drug-likeness (QED) is 0.664. The molecule has 2 aromatic carbocycles. The first kappa shape index (κ1) is 23.8. The van der Waals surface area contributed by atoms with E-state index in [-0.39, 0.29) is 29.2 Å². The van der Waals surface area contributed by atoms with Crippen molar-refractivity contribution in [1.82, 2.24) is 14.5 Å². The third-order valence-electron chi connectivity index (χ3n) is 6.00. The lowest BCUT2D eigenvalue weighted by Crippen LogP contribution is -2.35. The average molecular weight is 512 g/mol. The van der Waals surface area contributed by atoms with Gasteiger partial charge >= 0.3 is 6.09 Å². The Bertz CT molecular complexity index is 1140. The van der Waals surface area contributed by atoms with Crippen molar-refractivity contribution in [2.24, 2.45) is 11.8 Å². The Balaban J connectivity index is 1.30. The molecule has 2 fully saturated rings. The number of sulfonamides is 1. The standard InChI is InChI=1S/C22H23Cl2N3O5S/c1-25-33(30,31)20-4-2-15(3-5-20)21(28)26-9-16-11-27(12-17(16)10-26)22(29)32-13-14-6-18(23)8-19(24)7-14/h2-8,16-17,25H,9-13H2,1H3/t16-,17-/m0/s1. The zero-order valence-electron chi connectivity index (χ0n) is 17.8. The van der Waals surface area contributed by atoms with Crippen molar-refractivity contribution in [3.05, 3.63) is 63.6 Å². The van der Waals surface area contributed by atoms with Gasteiger partial charge < -0.3 is 14.5 Å². The highest BCUT2D eigenvalue weighted by atomic mass is 35.5. The van der Waals surface area contributed by atoms with Gasteiger partial charge in [0.05, 0.1) is 4.90 Å². The van der Waals surface area contributed by atoms with E-state index in [1.54, 1.807) is 28.0 Å². The third kappa shape index (κ3) is 5.27. The summed E-state index contributed by atoms with van der Waals surface area (Å²) in [4.78, 5) is 28.9. The fourth-order valence-electron chi connectivity index (χ4n) is 4.32. The summed E-state index contributed by atoms with van der Waals surface area (Å²) in [7, 11) is -2.21. The Labute approximate surface area is 202 Å². The summed E-state index contributed by atoms with van der Waals surface area (Å²) >= 11 is 12.0. The van der Waals surface area contributed by atoms with E-state index in [2.05, 4.69) is 4.72 Å². The van der Waals surface area contributed by atoms with E-state index in [9.17, 15) is 18.0 Å². The molecule has 33 heavy (non-hydrogen) atoms. The van der Waals surface area contributed by atoms with Crippen molar-refractivity contribution in [2.45, 2.75) is 11.5 Å². The number of benzene rings is 2. The van der Waals surface area contributed by atoms with E-state index in [4.69, 9.17) is 27.9 Å². The number of halogens is 2. The van der Waals surface area contributed by atoms with Gasteiger partial charge in [0.15, 0.2) is 0 Å². The predicted molar refractivity (Wildman–Crippen MR) is 124 cm³/mol. The molecule has 1 N–H and O–H groups in total. The number of rotatable bonds is 5. The molecule has 2 saturated heterocycles. The fourth-order valence-corrected chi connectivity index (χ4v) is 5.62. The van der Waals surface area contributed by atoms with Gasteiger partial charge in [-0.3, -0.25) is 4.79 Å². The van der Waals surface area contributed by atoms with Gasteiger partial charge in [0.1, 0.15) is 6.61 Å². The molecule has 8 nitrogen and oxygen atoms in total. The molecule has 2 aliphatic rings. The average Bonchev–Trinajstić information content (AvgIpc) is 3.36. The highest BCUT2D eigenvalue weighted by molar-refractivity contribution is 7.89. The van der Waals surface area contributed by atoms with Crippen molar-refractivity contribution < 1.29 is 22.7 Å². The van der Waals surface area contributed by atoms with Crippen LogP contribution in [0.1, 0.15) is 15.9 Å². The summed E-state index contributed by atoms with van der Waals surface area (Å²) in [5, 5.41) is 0.958. The lowest BCUT2D eigenvalue weighted by molar-refractivity contribution is 0.0764. The first-order valence-electron chi connectivity index (χ1n) is 10.4. The number of carbonyl (C=O) groups excluding carboxylic acids is 2. The van der Waals surface area contributed by atoms with Gasteiger partial charge in [0, 0.05) is 53.6 Å². The summed E-state index contributed by atoms with van der Waals surface area (Å²) in [5.41, 5.74) is 1.15. The Hall–Kier alpha value is -2.33. The van der Waals surface area contributed by atoms with Crippen LogP contribution in [0.5, 0.6) is 0 Å². The first-order chi connectivity index (χ1) is 15.7. The number of fused-ring (bicyclic) bond motifs is 1. The zero-order chi connectivity index (χ0) is 23.8. The van der Waals surface area contributed by atoms with Gasteiger partial charge in [-0.2, -0.15) is 0 Å². The van der Waals surface area contributed by atoms with Crippen LogP contribution in [0.25, 0.3) is 0 Å². The summed E-state index contributed by atoms with van der Waals surface area (Å²) in [6.45, 7) is 2.18. The van der Waals surface area contributed by atoms with Crippen LogP contribution in [0.2, 0.25) is 10.0 Å². The molecule has 0 unspecified atom stereocenters. The maximum absolute atomic E-state index is 12.9. The number of amides is 2. The molecule has 0 aliphatic carbocycles. The number of hydrogen-bond acceptors (Lipinski definition) is 5. The van der Waals surface area contributed by atoms with E-state index in [1.807, 2.05) is 0 Å². The number of ether oxygens (including phenoxy) is 1. The van der Waals surface area contributed by atoms with E-state index in [0.717, 1.165) is 0 Å². The molecule has 2 aliphatic heterocycles. The minimum absolute atomic E-state index is 0.0782. The van der Waals surface area contributed by atoms with Gasteiger partial charge in [0.2, 0.25) is 10.0 Å². The van der Waals surface area contributed by atoms with Crippen LogP contribution in [0.15, 0.2) is 47.4 Å². The van der Waals surface area contributed by atoms with E-state index >= 15 is 0 Å². The van der Waals surface area contributed by atoms with Crippen molar-refractivity contribution in [2.75, 3.05) is 33.2 Å². The van der Waals surface area contributed by atoms with E-state index in [1.165, 1.54) is 31.3 Å². The normalized spacial score (nSPS) is 20.1. The Morgan fingerprint density at radius 1 is 0.970 bits per heavy atom. The monoisotopic (exact) mass is 511 g/mol. The second-order valence-electron chi connectivity index (χ2n) is 8.20. The van der Waals surface area contributed by atoms with E-state index in [0.29, 0.717) is 47.4 Å². The maximum Gasteiger partial charge on any atom is 0.410 e. The van der Waals surface area contributed by atoms with Crippen LogP contribution >= 0.6 is 23.2 Å². The van der Waals surface area contributed by atoms with Crippen molar-refractivity contribution in [1.29, 1.82) is 0 Å². The molecule has 0 saturated carbocycles. The summed E-state index contributed by atoms with van der Waals surface area (Å²) in [6.07, 6.45) is -0.403. The van der Waals surface area contributed by atoms with Crippen LogP contribution in [-0.4, -0.2) is 63.4 Å². The fraction of sp³-hybridized carbons (Fsp3) is 0.364. The topological polar surface area (TPSA) is 96.0 Å². The second-order valence-corrected chi connectivity index (χ2v) is 11.0. The minimum Gasteiger partial charge on any atom is -0.445 e. The molecular formula is C22H23Cl2N3O5S. The highest BCUT2D eigenvalue weighted by Crippen LogP contribution is 2.32. The van der Waals surface area contributed by atoms with Gasteiger partial charge in [-0.1, -0.05) is 23.2 Å². The van der Waals surface area contributed by atoms with Crippen molar-refractivity contribution >= 4 is 45.2 Å². The van der Waals surface area contributed by atoms with Gasteiger partial charge in [0.25, 0.3) is 5.91 Å². The SMILES string of the molecule is CNS(=O)(=O)c1ccc(C(=O)N2C[C@H]3CN(C(=O)OCc4cc(Cl)cc(Cl)c4)C[C@@H]3C2)cc1. The molecule has 2 heterocycles. The van der Waals surface area contributed by atoms with Crippen LogP contribution < -0.4 is 4.72 Å². The van der Waals surface area contributed by atoms with Crippen LogP contribution in [-0.2, 0) is 21.4 Å². The molecule has 0 radical (unpaired) electrons. The molecule has 2 atom stereocenters. The Kier molecular flexibility index (Phi) is 6.86. The van der Waals surface area contributed by atoms with Gasteiger partial charge in [-0.15, -0.1) is 0 Å². The largest absolute Gasteiger partial charge is 0.445 e. The lowest BCUT2D eigenvalue weighted by atomic mass is 10.0. The molecule has 0 spiro atoms. The van der Waals surface area contributed by atoms with Gasteiger partial charge in [-0.25, -0.2) is 17.9 Å². The minimum atomic E-state index is -3.55. The highest BCUT2D eigenvalue weighted by Gasteiger charge is 2.43. The molecule has 0 bridgehead atoms.